The van der Waals surface area contributed by atoms with Crippen LogP contribution in [0.15, 0.2) is 53.3 Å². The summed E-state index contributed by atoms with van der Waals surface area (Å²) >= 11 is 0. The first-order valence-electron chi connectivity index (χ1n) is 10.7. The second-order valence-corrected chi connectivity index (χ2v) is 8.17. The molecule has 0 aliphatic heterocycles. The number of carbonyl (C=O) groups is 1. The maximum absolute atomic E-state index is 13.0. The molecule has 166 valence electrons. The number of benzene rings is 2. The quantitative estimate of drug-likeness (QED) is 0.461. The fourth-order valence-electron chi connectivity index (χ4n) is 3.86. The molecule has 1 N–H and O–H groups in total. The van der Waals surface area contributed by atoms with Crippen LogP contribution >= 0.6 is 0 Å². The number of fused-ring (bicyclic) bond motifs is 3. The molecule has 0 aliphatic rings. The van der Waals surface area contributed by atoms with Crippen LogP contribution in [0.1, 0.15) is 31.7 Å². The van der Waals surface area contributed by atoms with Crippen LogP contribution in [0.5, 0.6) is 5.75 Å². The van der Waals surface area contributed by atoms with Crippen molar-refractivity contribution in [3.8, 4) is 5.75 Å². The van der Waals surface area contributed by atoms with Gasteiger partial charge < -0.3 is 10.1 Å². The summed E-state index contributed by atoms with van der Waals surface area (Å²) in [4.78, 5) is 25.5. The number of methoxy groups -OCH3 is 1. The van der Waals surface area contributed by atoms with Crippen molar-refractivity contribution < 1.29 is 9.53 Å². The Balaban J connectivity index is 1.58. The highest BCUT2D eigenvalue weighted by atomic mass is 16.5. The molecule has 2 heterocycles. The summed E-state index contributed by atoms with van der Waals surface area (Å²) in [7, 11) is 1.61. The molecule has 0 unspecified atom stereocenters. The lowest BCUT2D eigenvalue weighted by Crippen LogP contribution is -2.26. The molecular formula is C24H27N5O3. The maximum atomic E-state index is 13.0. The lowest BCUT2D eigenvalue weighted by atomic mass is 10.2. The van der Waals surface area contributed by atoms with E-state index in [9.17, 15) is 9.59 Å². The Morgan fingerprint density at radius 1 is 1.09 bits per heavy atom. The largest absolute Gasteiger partial charge is 0.496 e. The second kappa shape index (κ2) is 9.21. The third-order valence-electron chi connectivity index (χ3n) is 5.37. The van der Waals surface area contributed by atoms with Crippen LogP contribution in [0.2, 0.25) is 0 Å². The van der Waals surface area contributed by atoms with Crippen molar-refractivity contribution in [2.75, 3.05) is 7.11 Å². The molecule has 8 nitrogen and oxygen atoms in total. The minimum absolute atomic E-state index is 0.0738. The van der Waals surface area contributed by atoms with Gasteiger partial charge in [0.2, 0.25) is 11.7 Å². The molecule has 4 aromatic rings. The highest BCUT2D eigenvalue weighted by Gasteiger charge is 2.17. The number of carbonyl (C=O) groups excluding carboxylic acids is 1. The Hall–Kier alpha value is -3.68. The monoisotopic (exact) mass is 433 g/mol. The van der Waals surface area contributed by atoms with Crippen molar-refractivity contribution in [3.63, 3.8) is 0 Å². The second-order valence-electron chi connectivity index (χ2n) is 8.17. The van der Waals surface area contributed by atoms with Crippen LogP contribution in [-0.4, -0.2) is 32.2 Å². The highest BCUT2D eigenvalue weighted by molar-refractivity contribution is 5.80. The van der Waals surface area contributed by atoms with Crippen molar-refractivity contribution in [2.24, 2.45) is 5.92 Å². The molecule has 0 spiro atoms. The van der Waals surface area contributed by atoms with Gasteiger partial charge in [-0.25, -0.2) is 0 Å². The van der Waals surface area contributed by atoms with Crippen molar-refractivity contribution in [1.82, 2.24) is 24.5 Å². The topological polar surface area (TPSA) is 90.5 Å². The summed E-state index contributed by atoms with van der Waals surface area (Å²) < 4.78 is 8.90. The van der Waals surface area contributed by atoms with Gasteiger partial charge >= 0.3 is 0 Å². The number of aromatic nitrogens is 4. The van der Waals surface area contributed by atoms with Gasteiger partial charge in [0, 0.05) is 31.5 Å². The summed E-state index contributed by atoms with van der Waals surface area (Å²) in [5, 5.41) is 12.2. The maximum Gasteiger partial charge on any atom is 0.262 e. The number of para-hydroxylation sites is 2. The van der Waals surface area contributed by atoms with Crippen molar-refractivity contribution in [2.45, 2.75) is 39.8 Å². The van der Waals surface area contributed by atoms with Gasteiger partial charge in [0.05, 0.1) is 18.0 Å². The third kappa shape index (κ3) is 4.21. The molecule has 0 saturated heterocycles. The highest BCUT2D eigenvalue weighted by Crippen LogP contribution is 2.18. The molecule has 0 fully saturated rings. The first-order valence-corrected chi connectivity index (χ1v) is 10.7. The molecule has 0 bridgehead atoms. The zero-order valence-electron chi connectivity index (χ0n) is 18.5. The number of hydrogen-bond acceptors (Lipinski definition) is 5. The van der Waals surface area contributed by atoms with E-state index in [1.54, 1.807) is 11.7 Å². The predicted molar refractivity (Wildman–Crippen MR) is 123 cm³/mol. The number of amides is 1. The average molecular weight is 434 g/mol. The molecular weight excluding hydrogens is 406 g/mol. The van der Waals surface area contributed by atoms with Gasteiger partial charge in [-0.15, -0.1) is 10.2 Å². The van der Waals surface area contributed by atoms with E-state index in [1.165, 1.54) is 0 Å². The fourth-order valence-corrected chi connectivity index (χ4v) is 3.86. The number of rotatable bonds is 8. The van der Waals surface area contributed by atoms with Crippen molar-refractivity contribution >= 4 is 22.6 Å². The average Bonchev–Trinajstić information content (AvgIpc) is 3.23. The molecule has 0 atom stereocenters. The van der Waals surface area contributed by atoms with Crippen LogP contribution in [0.3, 0.4) is 0 Å². The summed E-state index contributed by atoms with van der Waals surface area (Å²) in [6.07, 6.45) is 0.663. The Kier molecular flexibility index (Phi) is 6.20. The van der Waals surface area contributed by atoms with E-state index in [0.717, 1.165) is 16.8 Å². The van der Waals surface area contributed by atoms with Crippen LogP contribution in [0, 0.1) is 5.92 Å². The van der Waals surface area contributed by atoms with E-state index >= 15 is 0 Å². The summed E-state index contributed by atoms with van der Waals surface area (Å²) in [6, 6.07) is 15.0. The molecule has 0 saturated carbocycles. The van der Waals surface area contributed by atoms with Gasteiger partial charge in [0.25, 0.3) is 5.56 Å². The SMILES string of the molecule is COc1ccccc1CNC(=O)CCc1nnc2n(CC(C)C)c(=O)c3ccccc3n12. The standard InChI is InChI=1S/C24H27N5O3/c1-16(2)15-28-23(31)18-9-5-6-10-19(18)29-21(26-27-24(28)29)12-13-22(30)25-14-17-8-4-7-11-20(17)32-3/h4-11,16H,12-15H2,1-3H3,(H,25,30). The van der Waals surface area contributed by atoms with E-state index in [0.29, 0.717) is 36.5 Å². The minimum atomic E-state index is -0.0903. The van der Waals surface area contributed by atoms with Gasteiger partial charge in [0.15, 0.2) is 0 Å². The van der Waals surface area contributed by atoms with Crippen LogP contribution in [-0.2, 0) is 24.3 Å². The lowest BCUT2D eigenvalue weighted by Gasteiger charge is -2.13. The number of nitrogens with zero attached hydrogens (tertiary/aromatic N) is 4. The number of hydrogen-bond donors (Lipinski definition) is 1. The molecule has 2 aromatic heterocycles. The van der Waals surface area contributed by atoms with E-state index in [1.807, 2.05) is 52.9 Å². The first kappa shape index (κ1) is 21.5. The van der Waals surface area contributed by atoms with Gasteiger partial charge in [0.1, 0.15) is 11.6 Å². The first-order chi connectivity index (χ1) is 15.5. The smallest absolute Gasteiger partial charge is 0.262 e. The van der Waals surface area contributed by atoms with Crippen LogP contribution < -0.4 is 15.6 Å². The molecule has 1 amide bonds. The van der Waals surface area contributed by atoms with E-state index in [-0.39, 0.29) is 23.8 Å². The van der Waals surface area contributed by atoms with Crippen LogP contribution in [0.4, 0.5) is 0 Å². The molecule has 0 aliphatic carbocycles. The molecule has 2 aromatic carbocycles. The van der Waals surface area contributed by atoms with E-state index in [2.05, 4.69) is 29.4 Å². The lowest BCUT2D eigenvalue weighted by molar-refractivity contribution is -0.121. The zero-order valence-corrected chi connectivity index (χ0v) is 18.5. The molecule has 32 heavy (non-hydrogen) atoms. The summed E-state index contributed by atoms with van der Waals surface area (Å²) in [6.45, 7) is 5.05. The van der Waals surface area contributed by atoms with E-state index < -0.39 is 0 Å². The molecule has 8 heteroatoms. The number of aryl methyl sites for hydroxylation is 1. The van der Waals surface area contributed by atoms with Gasteiger partial charge in [-0.3, -0.25) is 18.6 Å². The summed E-state index contributed by atoms with van der Waals surface area (Å²) in [5.41, 5.74) is 1.59. The zero-order chi connectivity index (χ0) is 22.7. The number of ether oxygens (including phenoxy) is 1. The third-order valence-corrected chi connectivity index (χ3v) is 5.37. The van der Waals surface area contributed by atoms with Crippen LogP contribution in [0.25, 0.3) is 16.7 Å². The van der Waals surface area contributed by atoms with Crippen molar-refractivity contribution in [1.29, 1.82) is 0 Å². The normalized spacial score (nSPS) is 11.4. The molecule has 0 radical (unpaired) electrons. The summed E-state index contributed by atoms with van der Waals surface area (Å²) in [5.74, 6) is 2.09. The minimum Gasteiger partial charge on any atom is -0.496 e. The Morgan fingerprint density at radius 3 is 2.62 bits per heavy atom. The van der Waals surface area contributed by atoms with Crippen molar-refractivity contribution in [3.05, 3.63) is 70.3 Å². The Bertz CT molecular complexity index is 1320. The Labute approximate surface area is 185 Å². The number of nitrogens with one attached hydrogen (secondary N) is 1. The Morgan fingerprint density at radius 2 is 1.84 bits per heavy atom. The van der Waals surface area contributed by atoms with E-state index in [4.69, 9.17) is 4.74 Å². The van der Waals surface area contributed by atoms with Gasteiger partial charge in [-0.2, -0.15) is 0 Å². The van der Waals surface area contributed by atoms with Gasteiger partial charge in [-0.1, -0.05) is 44.2 Å². The molecule has 4 rings (SSSR count). The van der Waals surface area contributed by atoms with Gasteiger partial charge in [-0.05, 0) is 24.1 Å². The predicted octanol–water partition coefficient (Wildman–Crippen LogP) is 2.96. The fraction of sp³-hybridized carbons (Fsp3) is 0.333.